The van der Waals surface area contributed by atoms with Gasteiger partial charge in [-0.1, -0.05) is 0 Å². The first-order valence-corrected chi connectivity index (χ1v) is 5.53. The minimum atomic E-state index is 0.583. The normalized spacial score (nSPS) is 10.1. The summed E-state index contributed by atoms with van der Waals surface area (Å²) >= 11 is 3.28. The molecule has 6 heteroatoms. The molecule has 0 amide bonds. The second-order valence-electron chi connectivity index (χ2n) is 3.17. The molecule has 2 aromatic rings. The monoisotopic (exact) mass is 279 g/mol. The van der Waals surface area contributed by atoms with E-state index in [1.807, 2.05) is 13.0 Å². The summed E-state index contributed by atoms with van der Waals surface area (Å²) in [5, 5.41) is 3.08. The molecule has 0 aromatic carbocycles. The maximum absolute atomic E-state index is 4.27. The molecule has 0 spiro atoms. The molecule has 0 aliphatic heterocycles. The molecule has 2 aromatic heterocycles. The van der Waals surface area contributed by atoms with Crippen molar-refractivity contribution in [2.45, 2.75) is 13.5 Å². The van der Waals surface area contributed by atoms with Crippen molar-refractivity contribution < 1.29 is 0 Å². The van der Waals surface area contributed by atoms with Crippen LogP contribution >= 0.6 is 15.9 Å². The lowest BCUT2D eigenvalue weighted by Gasteiger charge is -2.04. The maximum Gasteiger partial charge on any atom is 0.222 e. The number of aromatic nitrogens is 4. The summed E-state index contributed by atoms with van der Waals surface area (Å²) in [7, 11) is 0. The molecule has 2 rings (SSSR count). The van der Waals surface area contributed by atoms with Gasteiger partial charge in [-0.25, -0.2) is 19.9 Å². The number of aryl methyl sites for hydroxylation is 1. The Morgan fingerprint density at radius 2 is 2.00 bits per heavy atom. The third kappa shape index (κ3) is 2.96. The van der Waals surface area contributed by atoms with Crippen LogP contribution < -0.4 is 5.32 Å². The standard InChI is InChI=1S/C10H10BrN5/c1-7-12-3-2-9(16-7)6-15-10-13-4-8(11)5-14-10/h2-5H,6H2,1H3,(H,13,14,15). The quantitative estimate of drug-likeness (QED) is 0.931. The zero-order valence-corrected chi connectivity index (χ0v) is 10.3. The summed E-state index contributed by atoms with van der Waals surface area (Å²) in [6, 6.07) is 1.86. The lowest BCUT2D eigenvalue weighted by atomic mass is 10.4. The van der Waals surface area contributed by atoms with E-state index in [2.05, 4.69) is 41.2 Å². The van der Waals surface area contributed by atoms with Gasteiger partial charge in [0.2, 0.25) is 5.95 Å². The second kappa shape index (κ2) is 4.98. The average Bonchev–Trinajstić information content (AvgIpc) is 2.28. The molecule has 0 unspecified atom stereocenters. The van der Waals surface area contributed by atoms with Crippen molar-refractivity contribution in [3.63, 3.8) is 0 Å². The molecule has 1 N–H and O–H groups in total. The number of hydrogen-bond donors (Lipinski definition) is 1. The highest BCUT2D eigenvalue weighted by atomic mass is 79.9. The minimum absolute atomic E-state index is 0.583. The van der Waals surface area contributed by atoms with Gasteiger partial charge in [-0.3, -0.25) is 0 Å². The Kier molecular flexibility index (Phi) is 3.40. The molecule has 2 heterocycles. The molecule has 0 atom stereocenters. The van der Waals surface area contributed by atoms with Gasteiger partial charge in [-0.2, -0.15) is 0 Å². The van der Waals surface area contributed by atoms with E-state index in [9.17, 15) is 0 Å². The fourth-order valence-electron chi connectivity index (χ4n) is 1.18. The average molecular weight is 280 g/mol. The molecule has 0 aliphatic rings. The molecule has 0 bridgehead atoms. The summed E-state index contributed by atoms with van der Waals surface area (Å²) in [6.45, 7) is 2.45. The Balaban J connectivity index is 1.99. The Hall–Kier alpha value is -1.56. The van der Waals surface area contributed by atoms with Gasteiger partial charge in [-0.05, 0) is 28.9 Å². The van der Waals surface area contributed by atoms with Gasteiger partial charge in [0.25, 0.3) is 0 Å². The molecule has 0 saturated heterocycles. The fourth-order valence-corrected chi connectivity index (χ4v) is 1.38. The van der Waals surface area contributed by atoms with Gasteiger partial charge in [0.05, 0.1) is 16.7 Å². The van der Waals surface area contributed by atoms with Crippen LogP contribution in [-0.2, 0) is 6.54 Å². The topological polar surface area (TPSA) is 63.6 Å². The van der Waals surface area contributed by atoms with E-state index in [-0.39, 0.29) is 0 Å². The molecule has 5 nitrogen and oxygen atoms in total. The van der Waals surface area contributed by atoms with Crippen LogP contribution in [0.5, 0.6) is 0 Å². The van der Waals surface area contributed by atoms with Crippen LogP contribution in [0.3, 0.4) is 0 Å². The van der Waals surface area contributed by atoms with Crippen molar-refractivity contribution in [1.29, 1.82) is 0 Å². The van der Waals surface area contributed by atoms with Gasteiger partial charge in [0.1, 0.15) is 5.82 Å². The van der Waals surface area contributed by atoms with Crippen molar-refractivity contribution in [3.05, 3.63) is 40.6 Å². The zero-order valence-electron chi connectivity index (χ0n) is 8.68. The van der Waals surface area contributed by atoms with Crippen LogP contribution in [0.15, 0.2) is 29.1 Å². The van der Waals surface area contributed by atoms with Crippen LogP contribution in [0, 0.1) is 6.92 Å². The summed E-state index contributed by atoms with van der Waals surface area (Å²) < 4.78 is 0.857. The van der Waals surface area contributed by atoms with Crippen LogP contribution in [0.2, 0.25) is 0 Å². The smallest absolute Gasteiger partial charge is 0.222 e. The zero-order chi connectivity index (χ0) is 11.4. The van der Waals surface area contributed by atoms with Crippen LogP contribution in [0.4, 0.5) is 5.95 Å². The predicted octanol–water partition coefficient (Wildman–Crippen LogP) is 1.95. The molecule has 0 aliphatic carbocycles. The highest BCUT2D eigenvalue weighted by Crippen LogP contribution is 2.07. The van der Waals surface area contributed by atoms with Crippen molar-refractivity contribution >= 4 is 21.9 Å². The fraction of sp³-hybridized carbons (Fsp3) is 0.200. The van der Waals surface area contributed by atoms with Gasteiger partial charge in [0.15, 0.2) is 0 Å². The number of nitrogens with zero attached hydrogens (tertiary/aromatic N) is 4. The Labute approximate surface area is 102 Å². The first-order chi connectivity index (χ1) is 7.74. The van der Waals surface area contributed by atoms with Crippen LogP contribution in [0.25, 0.3) is 0 Å². The SMILES string of the molecule is Cc1nccc(CNc2ncc(Br)cn2)n1. The van der Waals surface area contributed by atoms with Gasteiger partial charge >= 0.3 is 0 Å². The van der Waals surface area contributed by atoms with Crippen molar-refractivity contribution in [1.82, 2.24) is 19.9 Å². The number of hydrogen-bond acceptors (Lipinski definition) is 5. The molecule has 0 fully saturated rings. The maximum atomic E-state index is 4.27. The molecule has 82 valence electrons. The largest absolute Gasteiger partial charge is 0.349 e. The molecule has 0 radical (unpaired) electrons. The van der Waals surface area contributed by atoms with Crippen molar-refractivity contribution in [2.75, 3.05) is 5.32 Å². The van der Waals surface area contributed by atoms with Crippen molar-refractivity contribution in [3.8, 4) is 0 Å². The summed E-state index contributed by atoms with van der Waals surface area (Å²) in [4.78, 5) is 16.5. The highest BCUT2D eigenvalue weighted by molar-refractivity contribution is 9.10. The predicted molar refractivity (Wildman–Crippen MR) is 63.8 cm³/mol. The number of anilines is 1. The molecule has 0 saturated carbocycles. The van der Waals surface area contributed by atoms with Crippen LogP contribution in [-0.4, -0.2) is 19.9 Å². The van der Waals surface area contributed by atoms with E-state index in [4.69, 9.17) is 0 Å². The van der Waals surface area contributed by atoms with E-state index < -0.39 is 0 Å². The Morgan fingerprint density at radius 1 is 1.25 bits per heavy atom. The number of halogens is 1. The second-order valence-corrected chi connectivity index (χ2v) is 4.09. The summed E-state index contributed by atoms with van der Waals surface area (Å²) in [5.74, 6) is 1.34. The van der Waals surface area contributed by atoms with E-state index in [1.165, 1.54) is 0 Å². The van der Waals surface area contributed by atoms with Crippen LogP contribution in [0.1, 0.15) is 11.5 Å². The third-order valence-electron chi connectivity index (χ3n) is 1.88. The molecule has 16 heavy (non-hydrogen) atoms. The van der Waals surface area contributed by atoms with E-state index >= 15 is 0 Å². The summed E-state index contributed by atoms with van der Waals surface area (Å²) in [5.41, 5.74) is 0.916. The van der Waals surface area contributed by atoms with Gasteiger partial charge < -0.3 is 5.32 Å². The minimum Gasteiger partial charge on any atom is -0.349 e. The Bertz CT molecular complexity index is 471. The first kappa shape index (κ1) is 10.9. The number of rotatable bonds is 3. The highest BCUT2D eigenvalue weighted by Gasteiger charge is 1.98. The first-order valence-electron chi connectivity index (χ1n) is 4.74. The van der Waals surface area contributed by atoms with Gasteiger partial charge in [0, 0.05) is 18.6 Å². The molecular formula is C10H10BrN5. The third-order valence-corrected chi connectivity index (χ3v) is 2.29. The van der Waals surface area contributed by atoms with Crippen molar-refractivity contribution in [2.24, 2.45) is 0 Å². The lowest BCUT2D eigenvalue weighted by Crippen LogP contribution is -2.05. The Morgan fingerprint density at radius 3 is 2.69 bits per heavy atom. The number of nitrogens with one attached hydrogen (secondary N) is 1. The lowest BCUT2D eigenvalue weighted by molar-refractivity contribution is 0.939. The van der Waals surface area contributed by atoms with E-state index in [1.54, 1.807) is 18.6 Å². The molecular weight excluding hydrogens is 270 g/mol. The summed E-state index contributed by atoms with van der Waals surface area (Å²) in [6.07, 6.45) is 5.13. The van der Waals surface area contributed by atoms with E-state index in [0.717, 1.165) is 16.0 Å². The van der Waals surface area contributed by atoms with E-state index in [0.29, 0.717) is 12.5 Å². The van der Waals surface area contributed by atoms with Gasteiger partial charge in [-0.15, -0.1) is 0 Å².